The molecule has 1 aliphatic heterocycles. The second-order valence-corrected chi connectivity index (χ2v) is 8.91. The summed E-state index contributed by atoms with van der Waals surface area (Å²) in [6.07, 6.45) is 0. The fraction of sp³-hybridized carbons (Fsp3) is 0.0870. The molecule has 0 saturated carbocycles. The van der Waals surface area contributed by atoms with Crippen LogP contribution in [0.1, 0.15) is 10.4 Å². The van der Waals surface area contributed by atoms with Crippen molar-refractivity contribution in [2.24, 2.45) is 0 Å². The highest BCUT2D eigenvalue weighted by Crippen LogP contribution is 2.29. The van der Waals surface area contributed by atoms with Gasteiger partial charge in [-0.05, 0) is 48.5 Å². The number of amides is 2. The molecule has 0 spiro atoms. The summed E-state index contributed by atoms with van der Waals surface area (Å²) in [4.78, 5) is 38.3. The molecule has 0 radical (unpaired) electrons. The molecule has 1 heterocycles. The molecule has 0 atom stereocenters. The average molecular weight is 483 g/mol. The number of carbonyl (C=O) groups excluding carboxylic acids is 3. The topological polar surface area (TPSA) is 122 Å². The van der Waals surface area contributed by atoms with Crippen LogP contribution in [0.25, 0.3) is 0 Å². The molecule has 0 aliphatic carbocycles. The van der Waals surface area contributed by atoms with Gasteiger partial charge in [-0.15, -0.1) is 0 Å². The third-order valence-corrected chi connectivity index (χ3v) is 6.30. The summed E-state index contributed by atoms with van der Waals surface area (Å²) in [5.74, 6) is -2.55. The quantitative estimate of drug-likeness (QED) is 0.520. The van der Waals surface area contributed by atoms with Crippen molar-refractivity contribution in [3.63, 3.8) is 0 Å². The molecule has 3 aromatic carbocycles. The molecule has 2 amide bonds. The zero-order chi connectivity index (χ0) is 24.3. The minimum Gasteiger partial charge on any atom is -0.452 e. The van der Waals surface area contributed by atoms with Gasteiger partial charge in [0.1, 0.15) is 12.4 Å². The molecule has 34 heavy (non-hydrogen) atoms. The second kappa shape index (κ2) is 9.32. The number of para-hydroxylation sites is 3. The van der Waals surface area contributed by atoms with Crippen LogP contribution in [-0.2, 0) is 24.3 Å². The number of fused-ring (bicyclic) bond motifs is 1. The van der Waals surface area contributed by atoms with Crippen molar-refractivity contribution in [2.45, 2.75) is 4.90 Å². The summed E-state index contributed by atoms with van der Waals surface area (Å²) in [5, 5.41) is 2.65. The highest BCUT2D eigenvalue weighted by molar-refractivity contribution is 7.92. The van der Waals surface area contributed by atoms with Crippen LogP contribution in [0.5, 0.6) is 0 Å². The fourth-order valence-corrected chi connectivity index (χ4v) is 4.39. The Morgan fingerprint density at radius 2 is 1.68 bits per heavy atom. The Morgan fingerprint density at radius 1 is 1.00 bits per heavy atom. The maximum Gasteiger partial charge on any atom is 0.340 e. The maximum atomic E-state index is 13.1. The summed E-state index contributed by atoms with van der Waals surface area (Å²) in [6.45, 7) is -0.902. The number of nitrogens with zero attached hydrogens (tertiary/aromatic N) is 1. The van der Waals surface area contributed by atoms with E-state index in [4.69, 9.17) is 4.74 Å². The summed E-state index contributed by atoms with van der Waals surface area (Å²) < 4.78 is 45.8. The van der Waals surface area contributed by atoms with Crippen molar-refractivity contribution < 1.29 is 31.9 Å². The SMILES string of the molecule is O=C1CN(C(=O)COC(=O)c2ccccc2NS(=O)(=O)c2ccc(F)cc2)c2ccccc2N1. The molecule has 0 unspecified atom stereocenters. The van der Waals surface area contributed by atoms with E-state index in [0.717, 1.165) is 24.3 Å². The van der Waals surface area contributed by atoms with Crippen LogP contribution in [0, 0.1) is 5.82 Å². The van der Waals surface area contributed by atoms with Crippen molar-refractivity contribution in [1.82, 2.24) is 0 Å². The van der Waals surface area contributed by atoms with E-state index in [1.54, 1.807) is 24.3 Å². The van der Waals surface area contributed by atoms with Crippen LogP contribution in [-0.4, -0.2) is 39.4 Å². The van der Waals surface area contributed by atoms with Gasteiger partial charge in [-0.3, -0.25) is 19.2 Å². The van der Waals surface area contributed by atoms with Gasteiger partial charge >= 0.3 is 5.97 Å². The van der Waals surface area contributed by atoms with E-state index in [1.165, 1.54) is 29.2 Å². The van der Waals surface area contributed by atoms with Crippen molar-refractivity contribution in [3.05, 3.63) is 84.2 Å². The number of benzene rings is 3. The Balaban J connectivity index is 1.48. The molecule has 0 aromatic heterocycles. The molecule has 174 valence electrons. The van der Waals surface area contributed by atoms with E-state index in [-0.39, 0.29) is 28.6 Å². The number of carbonyl (C=O) groups is 3. The van der Waals surface area contributed by atoms with E-state index in [2.05, 4.69) is 10.0 Å². The highest BCUT2D eigenvalue weighted by Gasteiger charge is 2.28. The average Bonchev–Trinajstić information content (AvgIpc) is 2.82. The lowest BCUT2D eigenvalue weighted by molar-refractivity contribution is -0.124. The maximum absolute atomic E-state index is 13.1. The van der Waals surface area contributed by atoms with E-state index < -0.39 is 34.3 Å². The van der Waals surface area contributed by atoms with Gasteiger partial charge in [-0.1, -0.05) is 24.3 Å². The van der Waals surface area contributed by atoms with E-state index in [1.807, 2.05) is 0 Å². The Labute approximate surface area is 194 Å². The largest absolute Gasteiger partial charge is 0.452 e. The van der Waals surface area contributed by atoms with Crippen molar-refractivity contribution in [1.29, 1.82) is 0 Å². The molecule has 11 heteroatoms. The molecule has 0 fully saturated rings. The molecule has 9 nitrogen and oxygen atoms in total. The van der Waals surface area contributed by atoms with Crippen LogP contribution >= 0.6 is 0 Å². The first kappa shape index (κ1) is 22.9. The van der Waals surface area contributed by atoms with Crippen molar-refractivity contribution in [2.75, 3.05) is 28.1 Å². The standard InChI is InChI=1S/C23H18FN3O6S/c24-15-9-11-16(12-10-15)34(31,32)26-18-6-2-1-5-17(18)23(30)33-14-22(29)27-13-21(28)25-19-7-3-4-8-20(19)27/h1-12,26H,13-14H2,(H,25,28). The van der Waals surface area contributed by atoms with Crippen molar-refractivity contribution >= 4 is 44.9 Å². The number of ether oxygens (including phenoxy) is 1. The van der Waals surface area contributed by atoms with Gasteiger partial charge in [0, 0.05) is 0 Å². The predicted octanol–water partition coefficient (Wildman–Crippen LogP) is 2.77. The molecule has 1 aliphatic rings. The number of halogens is 1. The number of nitrogens with one attached hydrogen (secondary N) is 2. The summed E-state index contributed by atoms with van der Waals surface area (Å²) in [7, 11) is -4.12. The normalized spacial score (nSPS) is 13.0. The molecule has 0 saturated heterocycles. The molecule has 3 aromatic rings. The molecule has 0 bridgehead atoms. The third kappa shape index (κ3) is 4.89. The number of rotatable bonds is 6. The van der Waals surface area contributed by atoms with Gasteiger partial charge < -0.3 is 10.1 Å². The highest BCUT2D eigenvalue weighted by atomic mass is 32.2. The minimum absolute atomic E-state index is 0.0769. The number of hydrogen-bond donors (Lipinski definition) is 2. The van der Waals surface area contributed by atoms with E-state index in [9.17, 15) is 27.2 Å². The Morgan fingerprint density at radius 3 is 2.44 bits per heavy atom. The van der Waals surface area contributed by atoms with Crippen LogP contribution in [0.4, 0.5) is 21.5 Å². The monoisotopic (exact) mass is 483 g/mol. The number of esters is 1. The fourth-order valence-electron chi connectivity index (χ4n) is 3.31. The van der Waals surface area contributed by atoms with Gasteiger partial charge in [-0.25, -0.2) is 17.6 Å². The van der Waals surface area contributed by atoms with E-state index >= 15 is 0 Å². The Kier molecular flexibility index (Phi) is 6.28. The number of hydrogen-bond acceptors (Lipinski definition) is 6. The Bertz CT molecular complexity index is 1380. The lowest BCUT2D eigenvalue weighted by atomic mass is 10.2. The summed E-state index contributed by atoms with van der Waals surface area (Å²) >= 11 is 0. The first-order valence-electron chi connectivity index (χ1n) is 9.98. The Hall–Kier alpha value is -4.25. The number of anilines is 3. The minimum atomic E-state index is -4.12. The smallest absolute Gasteiger partial charge is 0.340 e. The van der Waals surface area contributed by atoms with Gasteiger partial charge in [0.25, 0.3) is 15.9 Å². The van der Waals surface area contributed by atoms with Gasteiger partial charge in [0.2, 0.25) is 5.91 Å². The second-order valence-electron chi connectivity index (χ2n) is 7.23. The third-order valence-electron chi connectivity index (χ3n) is 4.91. The summed E-state index contributed by atoms with van der Waals surface area (Å²) in [6, 6.07) is 16.6. The molecular weight excluding hydrogens is 465 g/mol. The van der Waals surface area contributed by atoms with Gasteiger partial charge in [0.15, 0.2) is 6.61 Å². The van der Waals surface area contributed by atoms with Gasteiger partial charge in [0.05, 0.1) is 27.5 Å². The predicted molar refractivity (Wildman–Crippen MR) is 121 cm³/mol. The molecule has 2 N–H and O–H groups in total. The zero-order valence-electron chi connectivity index (χ0n) is 17.5. The van der Waals surface area contributed by atoms with Crippen LogP contribution in [0.15, 0.2) is 77.7 Å². The first-order chi connectivity index (χ1) is 16.2. The lowest BCUT2D eigenvalue weighted by Gasteiger charge is -2.28. The van der Waals surface area contributed by atoms with Gasteiger partial charge in [-0.2, -0.15) is 0 Å². The molecular formula is C23H18FN3O6S. The van der Waals surface area contributed by atoms with Crippen LogP contribution in [0.3, 0.4) is 0 Å². The van der Waals surface area contributed by atoms with E-state index in [0.29, 0.717) is 11.4 Å². The van der Waals surface area contributed by atoms with Crippen molar-refractivity contribution in [3.8, 4) is 0 Å². The zero-order valence-corrected chi connectivity index (χ0v) is 18.3. The van der Waals surface area contributed by atoms with Crippen LogP contribution < -0.4 is 14.9 Å². The first-order valence-corrected chi connectivity index (χ1v) is 11.5. The van der Waals surface area contributed by atoms with Crippen LogP contribution in [0.2, 0.25) is 0 Å². The summed E-state index contributed by atoms with van der Waals surface area (Å²) in [5.41, 5.74) is 0.722. The number of sulfonamides is 1. The lowest BCUT2D eigenvalue weighted by Crippen LogP contribution is -2.44. The molecule has 4 rings (SSSR count).